The van der Waals surface area contributed by atoms with Crippen molar-refractivity contribution in [2.75, 3.05) is 18.6 Å². The molecule has 39 heavy (non-hydrogen) atoms. The molecular weight excluding hydrogens is 510 g/mol. The number of rotatable bonds is 8. The number of ether oxygens (including phenoxy) is 1. The number of hydrogen-bond acceptors (Lipinski definition) is 7. The van der Waals surface area contributed by atoms with Gasteiger partial charge in [0.25, 0.3) is 5.91 Å². The molecule has 1 amide bonds. The van der Waals surface area contributed by atoms with E-state index in [1.165, 1.54) is 0 Å². The summed E-state index contributed by atoms with van der Waals surface area (Å²) in [5.74, 6) is 1.21. The highest BCUT2D eigenvalue weighted by molar-refractivity contribution is 7.17. The first-order chi connectivity index (χ1) is 18.8. The molecule has 8 nitrogen and oxygen atoms in total. The number of anilines is 1. The number of hydrogen-bond donors (Lipinski definition) is 0. The maximum absolute atomic E-state index is 13.9. The largest absolute Gasteiger partial charge is 0.377 e. The summed E-state index contributed by atoms with van der Waals surface area (Å²) >= 11 is 1.56. The van der Waals surface area contributed by atoms with E-state index in [2.05, 4.69) is 10.2 Å². The number of thiophene rings is 1. The lowest BCUT2D eigenvalue weighted by atomic mass is 10.1. The van der Waals surface area contributed by atoms with E-state index in [1.54, 1.807) is 35.7 Å². The van der Waals surface area contributed by atoms with Crippen LogP contribution in [0.1, 0.15) is 58.8 Å². The standard InChI is InChI=1S/C30H31N5O3S/c1-30(2,38-3)17-34-18-31-33-28(34)22-8-6-9-23(32-22)29(37)35-14-13-20-16-26(25(36)15-19-11-12-19)39-27(20)21-7-4-5-10-24(21)35/h4-10,16,18-19H,11-15,17H2,1-3H3. The number of Topliss-reactive ketones (excluding diaryl/α,β-unsaturated/α-hetero) is 1. The third-order valence-electron chi connectivity index (χ3n) is 7.46. The maximum Gasteiger partial charge on any atom is 0.276 e. The van der Waals surface area contributed by atoms with Crippen molar-refractivity contribution in [2.24, 2.45) is 5.92 Å². The fraction of sp³-hybridized carbons (Fsp3) is 0.367. The van der Waals surface area contributed by atoms with E-state index < -0.39 is 5.60 Å². The third kappa shape index (κ3) is 5.16. The van der Waals surface area contributed by atoms with E-state index in [0.29, 0.717) is 49.1 Å². The number of carbonyl (C=O) groups excluding carboxylic acids is 2. The van der Waals surface area contributed by atoms with Gasteiger partial charge in [-0.3, -0.25) is 9.59 Å². The zero-order valence-corrected chi connectivity index (χ0v) is 23.2. The zero-order chi connectivity index (χ0) is 27.1. The predicted octanol–water partition coefficient (Wildman–Crippen LogP) is 5.68. The number of nitrogens with zero attached hydrogens (tertiary/aromatic N) is 5. The van der Waals surface area contributed by atoms with Crippen LogP contribution in [0.4, 0.5) is 5.69 Å². The molecule has 0 saturated heterocycles. The number of fused-ring (bicyclic) bond motifs is 3. The Kier molecular flexibility index (Phi) is 6.64. The van der Waals surface area contributed by atoms with Gasteiger partial charge in [-0.05, 0) is 68.9 Å². The summed E-state index contributed by atoms with van der Waals surface area (Å²) in [4.78, 5) is 35.2. The summed E-state index contributed by atoms with van der Waals surface area (Å²) in [7, 11) is 1.67. The first-order valence-electron chi connectivity index (χ1n) is 13.3. The topological polar surface area (TPSA) is 90.2 Å². The van der Waals surface area contributed by atoms with Gasteiger partial charge < -0.3 is 14.2 Å². The van der Waals surface area contributed by atoms with Crippen LogP contribution in [-0.4, -0.2) is 50.7 Å². The quantitative estimate of drug-likeness (QED) is 0.267. The van der Waals surface area contributed by atoms with Crippen molar-refractivity contribution in [1.29, 1.82) is 0 Å². The van der Waals surface area contributed by atoms with Crippen LogP contribution in [0, 0.1) is 5.92 Å². The molecule has 0 N–H and O–H groups in total. The molecule has 4 aromatic rings. The van der Waals surface area contributed by atoms with Crippen LogP contribution in [-0.2, 0) is 17.7 Å². The summed E-state index contributed by atoms with van der Waals surface area (Å²) in [6.45, 7) is 5.02. The number of benzene rings is 1. The van der Waals surface area contributed by atoms with E-state index >= 15 is 0 Å². The number of pyridine rings is 1. The van der Waals surface area contributed by atoms with Gasteiger partial charge in [0.2, 0.25) is 0 Å². The summed E-state index contributed by atoms with van der Waals surface area (Å²) in [5.41, 5.74) is 3.44. The molecule has 1 aliphatic carbocycles. The highest BCUT2D eigenvalue weighted by Gasteiger charge is 2.30. The summed E-state index contributed by atoms with van der Waals surface area (Å²) in [6.07, 6.45) is 5.29. The van der Waals surface area contributed by atoms with Crippen molar-refractivity contribution >= 4 is 28.7 Å². The molecule has 1 aromatic carbocycles. The Hall–Kier alpha value is -3.69. The van der Waals surface area contributed by atoms with Gasteiger partial charge in [0.05, 0.1) is 22.7 Å². The van der Waals surface area contributed by atoms with Gasteiger partial charge in [-0.1, -0.05) is 24.3 Å². The molecule has 0 atom stereocenters. The monoisotopic (exact) mass is 541 g/mol. The second kappa shape index (κ2) is 10.1. The van der Waals surface area contributed by atoms with Crippen LogP contribution in [0.15, 0.2) is 54.9 Å². The van der Waals surface area contributed by atoms with E-state index in [0.717, 1.165) is 39.4 Å². The van der Waals surface area contributed by atoms with Gasteiger partial charge in [0, 0.05) is 30.5 Å². The van der Waals surface area contributed by atoms with Crippen molar-refractivity contribution in [3.05, 3.63) is 71.0 Å². The molecule has 200 valence electrons. The SMILES string of the molecule is COC(C)(C)Cn1cnnc1-c1cccc(C(=O)N2CCc3cc(C(=O)CC4CC4)sc3-c3ccccc32)n1. The van der Waals surface area contributed by atoms with Crippen LogP contribution in [0.3, 0.4) is 0 Å². The average molecular weight is 542 g/mol. The molecule has 1 fully saturated rings. The van der Waals surface area contributed by atoms with E-state index in [1.807, 2.05) is 60.9 Å². The fourth-order valence-electron chi connectivity index (χ4n) is 4.99. The predicted molar refractivity (Wildman–Crippen MR) is 151 cm³/mol. The number of para-hydroxylation sites is 1. The Balaban J connectivity index is 1.30. The van der Waals surface area contributed by atoms with E-state index in [9.17, 15) is 9.59 Å². The van der Waals surface area contributed by atoms with Gasteiger partial charge in [0.15, 0.2) is 11.6 Å². The average Bonchev–Trinajstić information content (AvgIpc) is 3.51. The lowest BCUT2D eigenvalue weighted by Crippen LogP contribution is -2.33. The van der Waals surface area contributed by atoms with E-state index in [4.69, 9.17) is 9.72 Å². The smallest absolute Gasteiger partial charge is 0.276 e. The number of carbonyl (C=O) groups is 2. The molecule has 0 bridgehead atoms. The van der Waals surface area contributed by atoms with Gasteiger partial charge in [-0.2, -0.15) is 0 Å². The Morgan fingerprint density at radius 3 is 2.74 bits per heavy atom. The minimum atomic E-state index is -0.414. The first-order valence-corrected chi connectivity index (χ1v) is 14.1. The minimum Gasteiger partial charge on any atom is -0.377 e. The molecule has 1 saturated carbocycles. The van der Waals surface area contributed by atoms with Gasteiger partial charge in [-0.15, -0.1) is 21.5 Å². The molecule has 9 heteroatoms. The first kappa shape index (κ1) is 25.6. The molecule has 4 heterocycles. The normalized spacial score (nSPS) is 15.0. The molecule has 6 rings (SSSR count). The molecular formula is C30H31N5O3S. The highest BCUT2D eigenvalue weighted by atomic mass is 32.1. The Morgan fingerprint density at radius 1 is 1.13 bits per heavy atom. The molecule has 0 spiro atoms. The van der Waals surface area contributed by atoms with Gasteiger partial charge >= 0.3 is 0 Å². The van der Waals surface area contributed by atoms with Crippen LogP contribution in [0.25, 0.3) is 22.0 Å². The summed E-state index contributed by atoms with van der Waals surface area (Å²) in [5, 5.41) is 8.36. The third-order valence-corrected chi connectivity index (χ3v) is 8.71. The van der Waals surface area contributed by atoms with Crippen molar-refractivity contribution in [3.63, 3.8) is 0 Å². The fourth-order valence-corrected chi connectivity index (χ4v) is 6.18. The number of amides is 1. The van der Waals surface area contributed by atoms with Crippen LogP contribution in [0.5, 0.6) is 0 Å². The van der Waals surface area contributed by atoms with Crippen LogP contribution >= 0.6 is 11.3 Å². The van der Waals surface area contributed by atoms with Gasteiger partial charge in [0.1, 0.15) is 17.7 Å². The Morgan fingerprint density at radius 2 is 1.95 bits per heavy atom. The minimum absolute atomic E-state index is 0.173. The Bertz CT molecular complexity index is 1550. The van der Waals surface area contributed by atoms with Crippen molar-refractivity contribution in [2.45, 2.75) is 51.7 Å². The van der Waals surface area contributed by atoms with Crippen molar-refractivity contribution in [3.8, 4) is 22.0 Å². The van der Waals surface area contributed by atoms with Crippen molar-refractivity contribution < 1.29 is 14.3 Å². The molecule has 1 aliphatic heterocycles. The van der Waals surface area contributed by atoms with Crippen LogP contribution in [0.2, 0.25) is 0 Å². The Labute approximate surface area is 231 Å². The lowest BCUT2D eigenvalue weighted by Gasteiger charge is -2.24. The summed E-state index contributed by atoms with van der Waals surface area (Å²) in [6, 6.07) is 15.4. The van der Waals surface area contributed by atoms with Gasteiger partial charge in [-0.25, -0.2) is 4.98 Å². The lowest BCUT2D eigenvalue weighted by molar-refractivity contribution is 0.00840. The summed E-state index contributed by atoms with van der Waals surface area (Å²) < 4.78 is 7.46. The molecule has 3 aromatic heterocycles. The zero-order valence-electron chi connectivity index (χ0n) is 22.4. The second-order valence-electron chi connectivity index (χ2n) is 10.9. The second-order valence-corrected chi connectivity index (χ2v) is 12.0. The van der Waals surface area contributed by atoms with E-state index in [-0.39, 0.29) is 11.7 Å². The van der Waals surface area contributed by atoms with Crippen molar-refractivity contribution in [1.82, 2.24) is 19.7 Å². The highest BCUT2D eigenvalue weighted by Crippen LogP contribution is 2.43. The molecule has 0 unspecified atom stereocenters. The maximum atomic E-state index is 13.9. The number of aromatic nitrogens is 4. The molecule has 0 radical (unpaired) electrons. The number of methoxy groups -OCH3 is 1. The van der Waals surface area contributed by atoms with Crippen LogP contribution < -0.4 is 4.90 Å². The molecule has 2 aliphatic rings. The number of ketones is 1.